The largest absolute Gasteiger partial charge is 0.342 e. The maximum absolute atomic E-state index is 13.3. The van der Waals surface area contributed by atoms with E-state index in [1.807, 2.05) is 41.0 Å². The molecule has 0 radical (unpaired) electrons. The summed E-state index contributed by atoms with van der Waals surface area (Å²) in [6.45, 7) is 7.10. The standard InChI is InChI=1S/C24H32N4O2S2/c1-19-25-20(17-31-19)18-32-22-9-5-4-8-21(22)24(30)28-14-12-26(13-15-28)16-23(29)27-10-6-2-3-7-11-27/h4-5,8-9,17H,2-3,6-7,10-16,18H2,1H3. The molecule has 2 fully saturated rings. The Morgan fingerprint density at radius 3 is 2.38 bits per heavy atom. The molecule has 1 aromatic heterocycles. The Balaban J connectivity index is 1.30. The van der Waals surface area contributed by atoms with Crippen LogP contribution in [-0.2, 0) is 10.5 Å². The van der Waals surface area contributed by atoms with Crippen molar-refractivity contribution in [2.75, 3.05) is 45.8 Å². The molecule has 1 aromatic carbocycles. The van der Waals surface area contributed by atoms with Gasteiger partial charge < -0.3 is 9.80 Å². The number of hydrogen-bond donors (Lipinski definition) is 0. The molecule has 2 aliphatic heterocycles. The van der Waals surface area contributed by atoms with Crippen molar-refractivity contribution in [3.8, 4) is 0 Å². The summed E-state index contributed by atoms with van der Waals surface area (Å²) in [4.78, 5) is 37.6. The molecule has 0 N–H and O–H groups in total. The van der Waals surface area contributed by atoms with Gasteiger partial charge in [0.15, 0.2) is 0 Å². The van der Waals surface area contributed by atoms with Crippen LogP contribution in [0.25, 0.3) is 0 Å². The fourth-order valence-electron chi connectivity index (χ4n) is 4.29. The second-order valence-electron chi connectivity index (χ2n) is 8.51. The summed E-state index contributed by atoms with van der Waals surface area (Å²) in [6, 6.07) is 7.86. The van der Waals surface area contributed by atoms with Gasteiger partial charge in [-0.25, -0.2) is 4.98 Å². The Labute approximate surface area is 199 Å². The van der Waals surface area contributed by atoms with Crippen molar-refractivity contribution in [2.24, 2.45) is 0 Å². The van der Waals surface area contributed by atoms with E-state index in [0.29, 0.717) is 19.6 Å². The smallest absolute Gasteiger partial charge is 0.255 e. The number of nitrogens with zero attached hydrogens (tertiary/aromatic N) is 4. The lowest BCUT2D eigenvalue weighted by molar-refractivity contribution is -0.132. The van der Waals surface area contributed by atoms with Crippen LogP contribution in [0.2, 0.25) is 0 Å². The van der Waals surface area contributed by atoms with E-state index in [2.05, 4.69) is 15.3 Å². The number of aromatic nitrogens is 1. The summed E-state index contributed by atoms with van der Waals surface area (Å²) in [5.41, 5.74) is 1.82. The van der Waals surface area contributed by atoms with E-state index in [9.17, 15) is 9.59 Å². The van der Waals surface area contributed by atoms with Crippen LogP contribution in [0.1, 0.15) is 46.7 Å². The van der Waals surface area contributed by atoms with E-state index in [1.54, 1.807) is 23.1 Å². The third kappa shape index (κ3) is 6.11. The van der Waals surface area contributed by atoms with Crippen LogP contribution in [0.5, 0.6) is 0 Å². The molecule has 0 unspecified atom stereocenters. The Bertz CT molecular complexity index is 916. The van der Waals surface area contributed by atoms with Gasteiger partial charge in [-0.1, -0.05) is 25.0 Å². The first-order valence-corrected chi connectivity index (χ1v) is 13.4. The van der Waals surface area contributed by atoms with Gasteiger partial charge in [0.05, 0.1) is 22.8 Å². The van der Waals surface area contributed by atoms with Gasteiger partial charge in [-0.05, 0) is 31.9 Å². The zero-order chi connectivity index (χ0) is 22.3. The number of amides is 2. The van der Waals surface area contributed by atoms with E-state index in [1.165, 1.54) is 12.8 Å². The fraction of sp³-hybridized carbons (Fsp3) is 0.542. The second-order valence-corrected chi connectivity index (χ2v) is 10.6. The van der Waals surface area contributed by atoms with E-state index < -0.39 is 0 Å². The molecule has 4 rings (SSSR count). The molecule has 0 bridgehead atoms. The van der Waals surface area contributed by atoms with Crippen molar-refractivity contribution >= 4 is 34.9 Å². The van der Waals surface area contributed by atoms with Gasteiger partial charge in [-0.3, -0.25) is 14.5 Å². The number of thiazole rings is 1. The zero-order valence-electron chi connectivity index (χ0n) is 18.8. The number of hydrogen-bond acceptors (Lipinski definition) is 6. The maximum atomic E-state index is 13.3. The van der Waals surface area contributed by atoms with Crippen molar-refractivity contribution in [3.05, 3.63) is 45.9 Å². The van der Waals surface area contributed by atoms with E-state index in [4.69, 9.17) is 0 Å². The highest BCUT2D eigenvalue weighted by Gasteiger charge is 2.26. The Morgan fingerprint density at radius 1 is 0.969 bits per heavy atom. The van der Waals surface area contributed by atoms with Gasteiger partial charge in [0.2, 0.25) is 5.91 Å². The highest BCUT2D eigenvalue weighted by atomic mass is 32.2. The summed E-state index contributed by atoms with van der Waals surface area (Å²) in [7, 11) is 0. The van der Waals surface area contributed by atoms with Crippen molar-refractivity contribution < 1.29 is 9.59 Å². The predicted octanol–water partition coefficient (Wildman–Crippen LogP) is 3.90. The molecule has 172 valence electrons. The highest BCUT2D eigenvalue weighted by Crippen LogP contribution is 2.28. The van der Waals surface area contributed by atoms with Crippen LogP contribution in [0.3, 0.4) is 0 Å². The zero-order valence-corrected chi connectivity index (χ0v) is 20.4. The average molecular weight is 473 g/mol. The number of rotatable bonds is 6. The van der Waals surface area contributed by atoms with Gasteiger partial charge in [0, 0.05) is 55.3 Å². The molecule has 0 spiro atoms. The number of thioether (sulfide) groups is 1. The maximum Gasteiger partial charge on any atom is 0.255 e. The first-order valence-electron chi connectivity index (χ1n) is 11.5. The fourth-order valence-corrected chi connectivity index (χ4v) is 5.94. The first kappa shape index (κ1) is 23.3. The van der Waals surface area contributed by atoms with Gasteiger partial charge in [0.25, 0.3) is 5.91 Å². The van der Waals surface area contributed by atoms with E-state index in [0.717, 1.165) is 65.9 Å². The lowest BCUT2D eigenvalue weighted by atomic mass is 10.2. The van der Waals surface area contributed by atoms with Crippen LogP contribution in [0, 0.1) is 6.92 Å². The van der Waals surface area contributed by atoms with Crippen LogP contribution in [0.4, 0.5) is 0 Å². The number of carbonyl (C=O) groups is 2. The lowest BCUT2D eigenvalue weighted by Crippen LogP contribution is -2.51. The summed E-state index contributed by atoms with van der Waals surface area (Å²) < 4.78 is 0. The van der Waals surface area contributed by atoms with Gasteiger partial charge in [-0.2, -0.15) is 0 Å². The number of carbonyl (C=O) groups excluding carboxylic acids is 2. The third-order valence-electron chi connectivity index (χ3n) is 6.14. The molecule has 32 heavy (non-hydrogen) atoms. The van der Waals surface area contributed by atoms with Crippen LogP contribution in [0.15, 0.2) is 34.5 Å². The summed E-state index contributed by atoms with van der Waals surface area (Å²) in [5.74, 6) is 1.09. The minimum Gasteiger partial charge on any atom is -0.342 e. The average Bonchev–Trinajstić information content (AvgIpc) is 3.05. The Morgan fingerprint density at radius 2 is 1.69 bits per heavy atom. The first-order chi connectivity index (χ1) is 15.6. The molecule has 2 saturated heterocycles. The van der Waals surface area contributed by atoms with Crippen LogP contribution < -0.4 is 0 Å². The summed E-state index contributed by atoms with van der Waals surface area (Å²) in [5, 5.41) is 3.15. The molecule has 2 aromatic rings. The van der Waals surface area contributed by atoms with Crippen LogP contribution in [-0.4, -0.2) is 77.3 Å². The predicted molar refractivity (Wildman–Crippen MR) is 130 cm³/mol. The van der Waals surface area contributed by atoms with Gasteiger partial charge in [-0.15, -0.1) is 23.1 Å². The third-order valence-corrected chi connectivity index (χ3v) is 8.07. The van der Waals surface area contributed by atoms with Crippen molar-refractivity contribution in [1.82, 2.24) is 19.7 Å². The van der Waals surface area contributed by atoms with Crippen molar-refractivity contribution in [3.63, 3.8) is 0 Å². The minimum atomic E-state index is 0.0843. The SMILES string of the molecule is Cc1nc(CSc2ccccc2C(=O)N2CCN(CC(=O)N3CCCCCC3)CC2)cs1. The summed E-state index contributed by atoms with van der Waals surface area (Å²) >= 11 is 3.32. The number of likely N-dealkylation sites (tertiary alicyclic amines) is 1. The lowest BCUT2D eigenvalue weighted by Gasteiger charge is -2.35. The number of benzene rings is 1. The number of piperazine rings is 1. The van der Waals surface area contributed by atoms with Gasteiger partial charge in [0.1, 0.15) is 0 Å². The van der Waals surface area contributed by atoms with E-state index >= 15 is 0 Å². The molecule has 0 atom stereocenters. The molecule has 2 aliphatic rings. The molecule has 0 aliphatic carbocycles. The Kier molecular flexibility index (Phi) is 8.21. The molecule has 6 nitrogen and oxygen atoms in total. The minimum absolute atomic E-state index is 0.0843. The topological polar surface area (TPSA) is 56.8 Å². The molecule has 8 heteroatoms. The van der Waals surface area contributed by atoms with Crippen molar-refractivity contribution in [1.29, 1.82) is 0 Å². The van der Waals surface area contributed by atoms with E-state index in [-0.39, 0.29) is 11.8 Å². The molecular formula is C24H32N4O2S2. The number of aryl methyl sites for hydroxylation is 1. The van der Waals surface area contributed by atoms with Crippen LogP contribution >= 0.6 is 23.1 Å². The van der Waals surface area contributed by atoms with Crippen molar-refractivity contribution in [2.45, 2.75) is 43.3 Å². The summed E-state index contributed by atoms with van der Waals surface area (Å²) in [6.07, 6.45) is 4.70. The monoisotopic (exact) mass is 472 g/mol. The molecule has 0 saturated carbocycles. The Hall–Kier alpha value is -1.90. The quantitative estimate of drug-likeness (QED) is 0.597. The molecular weight excluding hydrogens is 440 g/mol. The van der Waals surface area contributed by atoms with Gasteiger partial charge >= 0.3 is 0 Å². The molecule has 2 amide bonds. The second kappa shape index (κ2) is 11.3. The highest BCUT2D eigenvalue weighted by molar-refractivity contribution is 7.98. The normalized spacial score (nSPS) is 17.9. The molecule has 3 heterocycles.